The summed E-state index contributed by atoms with van der Waals surface area (Å²) in [5, 5.41) is 8.79. The van der Waals surface area contributed by atoms with Gasteiger partial charge >= 0.3 is 5.97 Å². The molecular weight excluding hydrogens is 154 g/mol. The SMILES string of the molecule is CCc1c(C(=O)O)ccnc1C. The summed E-state index contributed by atoms with van der Waals surface area (Å²) in [4.78, 5) is 14.7. The standard InChI is InChI=1S/C9H11NO2/c1-3-7-6(2)10-5-4-8(7)9(11)12/h4-5H,3H2,1-2H3,(H,11,12). The minimum Gasteiger partial charge on any atom is -0.478 e. The molecule has 12 heavy (non-hydrogen) atoms. The van der Waals surface area contributed by atoms with Crippen molar-refractivity contribution in [3.05, 3.63) is 29.1 Å². The van der Waals surface area contributed by atoms with Crippen LogP contribution in [0, 0.1) is 6.92 Å². The van der Waals surface area contributed by atoms with Gasteiger partial charge in [-0.3, -0.25) is 4.98 Å². The van der Waals surface area contributed by atoms with E-state index in [9.17, 15) is 4.79 Å². The monoisotopic (exact) mass is 165 g/mol. The van der Waals surface area contributed by atoms with Crippen LogP contribution in [0.1, 0.15) is 28.5 Å². The zero-order valence-electron chi connectivity index (χ0n) is 7.16. The molecule has 0 spiro atoms. The second-order valence-corrected chi connectivity index (χ2v) is 2.58. The molecule has 0 unspecified atom stereocenters. The van der Waals surface area contributed by atoms with Gasteiger partial charge < -0.3 is 5.11 Å². The number of aromatic nitrogens is 1. The van der Waals surface area contributed by atoms with E-state index in [1.54, 1.807) is 0 Å². The maximum absolute atomic E-state index is 10.7. The lowest BCUT2D eigenvalue weighted by atomic mass is 10.1. The lowest BCUT2D eigenvalue weighted by Gasteiger charge is -2.04. The summed E-state index contributed by atoms with van der Waals surface area (Å²) >= 11 is 0. The van der Waals surface area contributed by atoms with Gasteiger partial charge in [0.15, 0.2) is 0 Å². The predicted octanol–water partition coefficient (Wildman–Crippen LogP) is 1.65. The van der Waals surface area contributed by atoms with E-state index in [1.165, 1.54) is 12.3 Å². The molecule has 64 valence electrons. The van der Waals surface area contributed by atoms with Crippen LogP contribution in [-0.2, 0) is 6.42 Å². The average Bonchev–Trinajstić information content (AvgIpc) is 2.03. The van der Waals surface area contributed by atoms with Crippen LogP contribution in [0.3, 0.4) is 0 Å². The number of rotatable bonds is 2. The normalized spacial score (nSPS) is 9.83. The van der Waals surface area contributed by atoms with Gasteiger partial charge in [-0.1, -0.05) is 6.92 Å². The van der Waals surface area contributed by atoms with Crippen molar-refractivity contribution in [1.82, 2.24) is 4.98 Å². The van der Waals surface area contributed by atoms with Crippen LogP contribution in [-0.4, -0.2) is 16.1 Å². The summed E-state index contributed by atoms with van der Waals surface area (Å²) in [7, 11) is 0. The highest BCUT2D eigenvalue weighted by atomic mass is 16.4. The molecule has 0 bridgehead atoms. The first-order valence-corrected chi connectivity index (χ1v) is 3.84. The molecule has 0 aliphatic heterocycles. The molecule has 0 aliphatic carbocycles. The molecule has 0 aromatic carbocycles. The number of pyridine rings is 1. The van der Waals surface area contributed by atoms with Gasteiger partial charge in [0.05, 0.1) is 5.56 Å². The van der Waals surface area contributed by atoms with Gasteiger partial charge in [-0.25, -0.2) is 4.79 Å². The van der Waals surface area contributed by atoms with E-state index in [1.807, 2.05) is 13.8 Å². The van der Waals surface area contributed by atoms with Gasteiger partial charge in [-0.2, -0.15) is 0 Å². The Morgan fingerprint density at radius 2 is 2.33 bits per heavy atom. The number of carboxylic acid groups (broad SMARTS) is 1. The fraction of sp³-hybridized carbons (Fsp3) is 0.333. The Hall–Kier alpha value is -1.38. The summed E-state index contributed by atoms with van der Waals surface area (Å²) in [5.41, 5.74) is 1.99. The first kappa shape index (κ1) is 8.71. The van der Waals surface area contributed by atoms with Crippen molar-refractivity contribution in [3.8, 4) is 0 Å². The second-order valence-electron chi connectivity index (χ2n) is 2.58. The number of hydrogen-bond donors (Lipinski definition) is 1. The molecule has 0 atom stereocenters. The first-order valence-electron chi connectivity index (χ1n) is 3.84. The van der Waals surface area contributed by atoms with Gasteiger partial charge in [-0.05, 0) is 25.0 Å². The van der Waals surface area contributed by atoms with E-state index in [2.05, 4.69) is 4.98 Å². The third-order valence-electron chi connectivity index (χ3n) is 1.86. The molecule has 1 rings (SSSR count). The summed E-state index contributed by atoms with van der Waals surface area (Å²) < 4.78 is 0. The maximum Gasteiger partial charge on any atom is 0.336 e. The zero-order valence-corrected chi connectivity index (χ0v) is 7.16. The topological polar surface area (TPSA) is 50.2 Å². The van der Waals surface area contributed by atoms with Crippen LogP contribution >= 0.6 is 0 Å². The van der Waals surface area contributed by atoms with E-state index >= 15 is 0 Å². The largest absolute Gasteiger partial charge is 0.478 e. The quantitative estimate of drug-likeness (QED) is 0.724. The number of carbonyl (C=O) groups is 1. The van der Waals surface area contributed by atoms with Gasteiger partial charge in [0.1, 0.15) is 0 Å². The molecule has 1 aromatic rings. The van der Waals surface area contributed by atoms with Crippen molar-refractivity contribution in [1.29, 1.82) is 0 Å². The molecule has 0 saturated heterocycles. The summed E-state index contributed by atoms with van der Waals surface area (Å²) in [6.45, 7) is 3.75. The van der Waals surface area contributed by atoms with E-state index in [4.69, 9.17) is 5.11 Å². The highest BCUT2D eigenvalue weighted by molar-refractivity contribution is 5.89. The molecule has 1 aromatic heterocycles. The number of hydrogen-bond acceptors (Lipinski definition) is 2. The van der Waals surface area contributed by atoms with Crippen LogP contribution in [0.5, 0.6) is 0 Å². The summed E-state index contributed by atoms with van der Waals surface area (Å²) in [6, 6.07) is 1.54. The minimum atomic E-state index is -0.877. The zero-order chi connectivity index (χ0) is 9.14. The molecule has 0 aliphatic rings. The number of aryl methyl sites for hydroxylation is 1. The van der Waals surface area contributed by atoms with Crippen molar-refractivity contribution in [2.24, 2.45) is 0 Å². The minimum absolute atomic E-state index is 0.366. The molecule has 0 saturated carbocycles. The van der Waals surface area contributed by atoms with Gasteiger partial charge in [0, 0.05) is 11.9 Å². The Labute approximate surface area is 71.1 Å². The van der Waals surface area contributed by atoms with Crippen molar-refractivity contribution in [2.75, 3.05) is 0 Å². The highest BCUT2D eigenvalue weighted by Gasteiger charge is 2.10. The molecule has 3 heteroatoms. The van der Waals surface area contributed by atoms with Gasteiger partial charge in [0.25, 0.3) is 0 Å². The Morgan fingerprint density at radius 3 is 2.75 bits per heavy atom. The second kappa shape index (κ2) is 3.34. The lowest BCUT2D eigenvalue weighted by Crippen LogP contribution is -2.04. The van der Waals surface area contributed by atoms with E-state index in [0.717, 1.165) is 11.3 Å². The van der Waals surface area contributed by atoms with Crippen molar-refractivity contribution < 1.29 is 9.90 Å². The maximum atomic E-state index is 10.7. The van der Waals surface area contributed by atoms with Crippen LogP contribution in [0.4, 0.5) is 0 Å². The predicted molar refractivity (Wildman–Crippen MR) is 45.3 cm³/mol. The fourth-order valence-corrected chi connectivity index (χ4v) is 1.24. The van der Waals surface area contributed by atoms with E-state index < -0.39 is 5.97 Å². The van der Waals surface area contributed by atoms with Crippen LogP contribution in [0.15, 0.2) is 12.3 Å². The Morgan fingerprint density at radius 1 is 1.67 bits per heavy atom. The molecule has 1 N–H and O–H groups in total. The third-order valence-corrected chi connectivity index (χ3v) is 1.86. The molecule has 0 fully saturated rings. The molecule has 1 heterocycles. The van der Waals surface area contributed by atoms with Crippen LogP contribution in [0.2, 0.25) is 0 Å². The van der Waals surface area contributed by atoms with E-state index in [-0.39, 0.29) is 0 Å². The number of aromatic carboxylic acids is 1. The first-order chi connectivity index (χ1) is 5.66. The van der Waals surface area contributed by atoms with E-state index in [0.29, 0.717) is 12.0 Å². The Kier molecular flexibility index (Phi) is 2.43. The van der Waals surface area contributed by atoms with Gasteiger partial charge in [0.2, 0.25) is 0 Å². The Balaban J connectivity index is 3.27. The molecule has 0 radical (unpaired) electrons. The fourth-order valence-electron chi connectivity index (χ4n) is 1.24. The van der Waals surface area contributed by atoms with Crippen LogP contribution in [0.25, 0.3) is 0 Å². The lowest BCUT2D eigenvalue weighted by molar-refractivity contribution is 0.0695. The summed E-state index contributed by atoms with van der Waals surface area (Å²) in [5.74, 6) is -0.877. The average molecular weight is 165 g/mol. The highest BCUT2D eigenvalue weighted by Crippen LogP contribution is 2.11. The molecule has 3 nitrogen and oxygen atoms in total. The smallest absolute Gasteiger partial charge is 0.336 e. The van der Waals surface area contributed by atoms with Crippen molar-refractivity contribution >= 4 is 5.97 Å². The number of carboxylic acids is 1. The third kappa shape index (κ3) is 1.44. The summed E-state index contributed by atoms with van der Waals surface area (Å²) in [6.07, 6.45) is 2.24. The number of nitrogens with zero attached hydrogens (tertiary/aromatic N) is 1. The van der Waals surface area contributed by atoms with Crippen molar-refractivity contribution in [2.45, 2.75) is 20.3 Å². The molecule has 0 amide bonds. The van der Waals surface area contributed by atoms with Crippen LogP contribution < -0.4 is 0 Å². The Bertz CT molecular complexity index is 307. The van der Waals surface area contributed by atoms with Gasteiger partial charge in [-0.15, -0.1) is 0 Å². The van der Waals surface area contributed by atoms with Crippen molar-refractivity contribution in [3.63, 3.8) is 0 Å². The molecular formula is C9H11NO2.